The number of halogens is 3. The lowest BCUT2D eigenvalue weighted by atomic mass is 10.1. The number of nitrogens with zero attached hydrogens (tertiary/aromatic N) is 1. The van der Waals surface area contributed by atoms with Crippen LogP contribution in [0, 0.1) is 0 Å². The highest BCUT2D eigenvalue weighted by atomic mass is 79.9. The van der Waals surface area contributed by atoms with Crippen molar-refractivity contribution < 1.29 is 4.42 Å². The van der Waals surface area contributed by atoms with Crippen molar-refractivity contribution in [2.75, 3.05) is 13.6 Å². The van der Waals surface area contributed by atoms with Gasteiger partial charge in [-0.15, -0.1) is 0 Å². The third-order valence-corrected chi connectivity index (χ3v) is 5.06. The van der Waals surface area contributed by atoms with Crippen molar-refractivity contribution in [3.63, 3.8) is 0 Å². The monoisotopic (exact) mass is 420 g/mol. The minimum absolute atomic E-state index is 0.0216. The quantitative estimate of drug-likeness (QED) is 0.766. The fourth-order valence-corrected chi connectivity index (χ4v) is 2.76. The zero-order valence-corrected chi connectivity index (χ0v) is 14.9. The van der Waals surface area contributed by atoms with Crippen LogP contribution in [0.5, 0.6) is 0 Å². The molecule has 1 heterocycles. The number of benzene rings is 1. The molecule has 1 unspecified atom stereocenters. The summed E-state index contributed by atoms with van der Waals surface area (Å²) in [5.74, 6) is 0.836. The van der Waals surface area contributed by atoms with E-state index in [0.29, 0.717) is 11.2 Å². The Hall–Kier alpha value is -0.330. The van der Waals surface area contributed by atoms with Gasteiger partial charge in [-0.3, -0.25) is 4.90 Å². The van der Waals surface area contributed by atoms with Crippen LogP contribution in [0.25, 0.3) is 0 Å². The molecule has 108 valence electrons. The molecule has 6 heteroatoms. The molecule has 2 rings (SSSR count). The van der Waals surface area contributed by atoms with E-state index in [-0.39, 0.29) is 6.04 Å². The van der Waals surface area contributed by atoms with Crippen LogP contribution in [0.15, 0.2) is 43.9 Å². The molecule has 1 aromatic carbocycles. The molecule has 0 aliphatic carbocycles. The van der Waals surface area contributed by atoms with Crippen LogP contribution >= 0.6 is 43.5 Å². The second-order valence-electron chi connectivity index (χ2n) is 4.56. The molecule has 0 saturated heterocycles. The molecule has 1 aromatic heterocycles. The topological polar surface area (TPSA) is 42.4 Å². The highest BCUT2D eigenvalue weighted by Crippen LogP contribution is 2.32. The van der Waals surface area contributed by atoms with Crippen LogP contribution in [0.3, 0.4) is 0 Å². The number of nitrogens with two attached hydrogens (primary N) is 1. The van der Waals surface area contributed by atoms with Crippen LogP contribution in [-0.4, -0.2) is 18.5 Å². The molecular weight excluding hydrogens is 407 g/mol. The fraction of sp³-hybridized carbons (Fsp3) is 0.286. The largest absolute Gasteiger partial charge is 0.451 e. The van der Waals surface area contributed by atoms with E-state index in [1.807, 2.05) is 37.4 Å². The van der Waals surface area contributed by atoms with E-state index in [4.69, 9.17) is 21.8 Å². The molecule has 0 saturated carbocycles. The first-order chi connectivity index (χ1) is 9.51. The normalized spacial score (nSPS) is 12.9. The summed E-state index contributed by atoms with van der Waals surface area (Å²) in [7, 11) is 2.02. The Labute approximate surface area is 140 Å². The summed E-state index contributed by atoms with van der Waals surface area (Å²) in [4.78, 5) is 2.15. The van der Waals surface area contributed by atoms with E-state index >= 15 is 0 Å². The van der Waals surface area contributed by atoms with Crippen molar-refractivity contribution in [3.05, 3.63) is 55.8 Å². The highest BCUT2D eigenvalue weighted by Gasteiger charge is 2.20. The second-order valence-corrected chi connectivity index (χ2v) is 6.57. The Kier molecular flexibility index (Phi) is 5.69. The Morgan fingerprint density at radius 2 is 1.95 bits per heavy atom. The van der Waals surface area contributed by atoms with Crippen molar-refractivity contribution in [2.24, 2.45) is 5.73 Å². The molecule has 0 spiro atoms. The highest BCUT2D eigenvalue weighted by molar-refractivity contribution is 9.13. The molecule has 2 N–H and O–H groups in total. The smallest absolute Gasteiger partial charge is 0.183 e. The van der Waals surface area contributed by atoms with Crippen molar-refractivity contribution in [2.45, 2.75) is 12.6 Å². The van der Waals surface area contributed by atoms with E-state index in [1.54, 1.807) is 0 Å². The number of hydrogen-bond acceptors (Lipinski definition) is 3. The summed E-state index contributed by atoms with van der Waals surface area (Å²) in [6, 6.07) is 9.78. The van der Waals surface area contributed by atoms with Crippen molar-refractivity contribution in [1.82, 2.24) is 4.90 Å². The van der Waals surface area contributed by atoms with Crippen LogP contribution in [0.2, 0.25) is 5.02 Å². The standard InChI is InChI=1S/C14H15Br2ClN2O/c1-19(8-9-2-4-10(17)5-3-9)12(7-18)13-6-11(15)14(16)20-13/h2-6,12H,7-8,18H2,1H3. The van der Waals surface area contributed by atoms with Gasteiger partial charge in [0.15, 0.2) is 4.67 Å². The van der Waals surface area contributed by atoms with E-state index in [2.05, 4.69) is 36.8 Å². The summed E-state index contributed by atoms with van der Waals surface area (Å²) < 4.78 is 7.25. The predicted molar refractivity (Wildman–Crippen MR) is 88.8 cm³/mol. The van der Waals surface area contributed by atoms with Crippen molar-refractivity contribution >= 4 is 43.5 Å². The molecule has 0 fully saturated rings. The van der Waals surface area contributed by atoms with Gasteiger partial charge in [0.1, 0.15) is 5.76 Å². The lowest BCUT2D eigenvalue weighted by Crippen LogP contribution is -2.29. The molecule has 20 heavy (non-hydrogen) atoms. The number of rotatable bonds is 5. The zero-order valence-electron chi connectivity index (χ0n) is 10.9. The first-order valence-electron chi connectivity index (χ1n) is 6.10. The summed E-state index contributed by atoms with van der Waals surface area (Å²) >= 11 is 12.7. The molecule has 0 radical (unpaired) electrons. The van der Waals surface area contributed by atoms with E-state index in [1.165, 1.54) is 5.56 Å². The molecule has 0 amide bonds. The number of furan rings is 1. The van der Waals surface area contributed by atoms with Crippen LogP contribution in [0.4, 0.5) is 0 Å². The first kappa shape index (κ1) is 16.0. The molecule has 1 atom stereocenters. The number of hydrogen-bond donors (Lipinski definition) is 1. The predicted octanol–water partition coefficient (Wildman–Crippen LogP) is 4.59. The SMILES string of the molecule is CN(Cc1ccc(Cl)cc1)C(CN)c1cc(Br)c(Br)o1. The summed E-state index contributed by atoms with van der Waals surface area (Å²) in [5, 5.41) is 0.741. The van der Waals surface area contributed by atoms with Gasteiger partial charge in [0.2, 0.25) is 0 Å². The van der Waals surface area contributed by atoms with Gasteiger partial charge in [-0.1, -0.05) is 23.7 Å². The van der Waals surface area contributed by atoms with Gasteiger partial charge in [0.25, 0.3) is 0 Å². The van der Waals surface area contributed by atoms with Gasteiger partial charge < -0.3 is 10.2 Å². The van der Waals surface area contributed by atoms with E-state index in [0.717, 1.165) is 21.8 Å². The lowest BCUT2D eigenvalue weighted by Gasteiger charge is -2.25. The molecule has 0 bridgehead atoms. The Balaban J connectivity index is 2.12. The third-order valence-electron chi connectivity index (χ3n) is 3.09. The Morgan fingerprint density at radius 3 is 2.45 bits per heavy atom. The van der Waals surface area contributed by atoms with Crippen LogP contribution < -0.4 is 5.73 Å². The Bertz CT molecular complexity index is 552. The summed E-state index contributed by atoms with van der Waals surface area (Å²) in [6.07, 6.45) is 0. The molecule has 0 aliphatic rings. The van der Waals surface area contributed by atoms with E-state index < -0.39 is 0 Å². The summed E-state index contributed by atoms with van der Waals surface area (Å²) in [6.45, 7) is 1.26. The molecule has 2 aromatic rings. The maximum atomic E-state index is 5.90. The number of likely N-dealkylation sites (N-methyl/N-ethyl adjacent to an activating group) is 1. The van der Waals surface area contributed by atoms with E-state index in [9.17, 15) is 0 Å². The van der Waals surface area contributed by atoms with Crippen LogP contribution in [0.1, 0.15) is 17.4 Å². The average Bonchev–Trinajstić information content (AvgIpc) is 2.73. The van der Waals surface area contributed by atoms with Gasteiger partial charge in [0.05, 0.1) is 10.5 Å². The summed E-state index contributed by atoms with van der Waals surface area (Å²) in [5.41, 5.74) is 7.07. The molecular formula is C14H15Br2ClN2O. The first-order valence-corrected chi connectivity index (χ1v) is 8.07. The lowest BCUT2D eigenvalue weighted by molar-refractivity contribution is 0.211. The van der Waals surface area contributed by atoms with Crippen LogP contribution in [-0.2, 0) is 6.54 Å². The maximum absolute atomic E-state index is 5.90. The minimum atomic E-state index is 0.0216. The molecule has 0 aliphatic heterocycles. The Morgan fingerprint density at radius 1 is 1.30 bits per heavy atom. The average molecular weight is 423 g/mol. The zero-order chi connectivity index (χ0) is 14.7. The van der Waals surface area contributed by atoms with Gasteiger partial charge in [-0.05, 0) is 62.7 Å². The van der Waals surface area contributed by atoms with Gasteiger partial charge in [-0.2, -0.15) is 0 Å². The van der Waals surface area contributed by atoms with Gasteiger partial charge in [0, 0.05) is 18.1 Å². The van der Waals surface area contributed by atoms with Gasteiger partial charge >= 0.3 is 0 Å². The van der Waals surface area contributed by atoms with Crippen molar-refractivity contribution in [3.8, 4) is 0 Å². The fourth-order valence-electron chi connectivity index (χ4n) is 2.03. The minimum Gasteiger partial charge on any atom is -0.451 e. The third kappa shape index (κ3) is 3.86. The maximum Gasteiger partial charge on any atom is 0.183 e. The van der Waals surface area contributed by atoms with Gasteiger partial charge in [-0.25, -0.2) is 0 Å². The van der Waals surface area contributed by atoms with Crippen molar-refractivity contribution in [1.29, 1.82) is 0 Å². The second kappa shape index (κ2) is 7.09. The molecule has 3 nitrogen and oxygen atoms in total.